The van der Waals surface area contributed by atoms with Crippen LogP contribution < -0.4 is 5.32 Å². The van der Waals surface area contributed by atoms with Crippen molar-refractivity contribution in [2.75, 3.05) is 5.32 Å². The Morgan fingerprint density at radius 3 is 2.78 bits per heavy atom. The average molecular weight is 361 g/mol. The number of aromatic nitrogens is 4. The summed E-state index contributed by atoms with van der Waals surface area (Å²) in [6.07, 6.45) is 5.78. The van der Waals surface area contributed by atoms with Crippen LogP contribution in [-0.4, -0.2) is 25.5 Å². The number of rotatable bonds is 5. The maximum Gasteiger partial charge on any atom is 0.225 e. The highest BCUT2D eigenvalue weighted by molar-refractivity contribution is 5.94. The predicted octanol–water partition coefficient (Wildman–Crippen LogP) is 3.57. The van der Waals surface area contributed by atoms with Crippen molar-refractivity contribution in [3.63, 3.8) is 0 Å². The third-order valence-corrected chi connectivity index (χ3v) is 4.24. The highest BCUT2D eigenvalue weighted by atomic mass is 16.4. The summed E-state index contributed by atoms with van der Waals surface area (Å²) in [5.74, 6) is 1.10. The summed E-state index contributed by atoms with van der Waals surface area (Å²) in [6.45, 7) is 3.93. The van der Waals surface area contributed by atoms with Gasteiger partial charge < -0.3 is 9.73 Å². The molecule has 0 saturated carbocycles. The molecule has 4 aromatic rings. The minimum atomic E-state index is -0.136. The van der Waals surface area contributed by atoms with Crippen LogP contribution in [0.1, 0.15) is 23.6 Å². The summed E-state index contributed by atoms with van der Waals surface area (Å²) in [5.41, 5.74) is 4.24. The molecule has 0 saturated heterocycles. The number of hydrogen-bond donors (Lipinski definition) is 1. The van der Waals surface area contributed by atoms with Gasteiger partial charge in [-0.2, -0.15) is 5.10 Å². The van der Waals surface area contributed by atoms with Crippen LogP contribution in [0.4, 0.5) is 5.69 Å². The molecule has 0 aliphatic carbocycles. The summed E-state index contributed by atoms with van der Waals surface area (Å²) in [5, 5.41) is 7.04. The number of oxazole rings is 1. The van der Waals surface area contributed by atoms with Crippen LogP contribution >= 0.6 is 0 Å². The van der Waals surface area contributed by atoms with Crippen molar-refractivity contribution in [2.24, 2.45) is 0 Å². The SMILES string of the molecule is Cc1ccc(-c2cnc(CCC(=O)Nc3cnn4ccc(C)nc34)o2)cc1. The zero-order valence-corrected chi connectivity index (χ0v) is 15.1. The van der Waals surface area contributed by atoms with Crippen molar-refractivity contribution >= 4 is 17.2 Å². The molecular formula is C20H19N5O2. The highest BCUT2D eigenvalue weighted by Crippen LogP contribution is 2.21. The number of anilines is 1. The van der Waals surface area contributed by atoms with Crippen LogP contribution in [0, 0.1) is 13.8 Å². The van der Waals surface area contributed by atoms with E-state index in [1.54, 1.807) is 16.9 Å². The second-order valence-electron chi connectivity index (χ2n) is 6.43. The summed E-state index contributed by atoms with van der Waals surface area (Å²) in [6, 6.07) is 9.90. The van der Waals surface area contributed by atoms with Gasteiger partial charge in [0, 0.05) is 30.3 Å². The summed E-state index contributed by atoms with van der Waals surface area (Å²) < 4.78 is 7.39. The van der Waals surface area contributed by atoms with Crippen molar-refractivity contribution in [3.8, 4) is 11.3 Å². The van der Waals surface area contributed by atoms with Gasteiger partial charge in [0.15, 0.2) is 17.3 Å². The Morgan fingerprint density at radius 2 is 1.96 bits per heavy atom. The van der Waals surface area contributed by atoms with Crippen molar-refractivity contribution < 1.29 is 9.21 Å². The van der Waals surface area contributed by atoms with E-state index < -0.39 is 0 Å². The fraction of sp³-hybridized carbons (Fsp3) is 0.200. The molecule has 3 aromatic heterocycles. The minimum absolute atomic E-state index is 0.136. The first-order valence-electron chi connectivity index (χ1n) is 8.71. The first-order valence-corrected chi connectivity index (χ1v) is 8.71. The third kappa shape index (κ3) is 3.72. The Kier molecular flexibility index (Phi) is 4.42. The first-order chi connectivity index (χ1) is 13.1. The number of carbonyl (C=O) groups is 1. The zero-order chi connectivity index (χ0) is 18.8. The normalized spacial score (nSPS) is 11.0. The van der Waals surface area contributed by atoms with Crippen LogP contribution in [0.2, 0.25) is 0 Å². The van der Waals surface area contributed by atoms with Gasteiger partial charge in [-0.05, 0) is 19.9 Å². The summed E-state index contributed by atoms with van der Waals surface area (Å²) in [7, 11) is 0. The van der Waals surface area contributed by atoms with Crippen molar-refractivity contribution in [3.05, 3.63) is 66.1 Å². The molecule has 27 heavy (non-hydrogen) atoms. The molecule has 0 unspecified atom stereocenters. The van der Waals surface area contributed by atoms with E-state index in [1.165, 1.54) is 5.56 Å². The number of nitrogens with zero attached hydrogens (tertiary/aromatic N) is 4. The van der Waals surface area contributed by atoms with E-state index in [0.717, 1.165) is 11.3 Å². The van der Waals surface area contributed by atoms with Crippen LogP contribution in [0.5, 0.6) is 0 Å². The van der Waals surface area contributed by atoms with Gasteiger partial charge in [-0.1, -0.05) is 29.8 Å². The van der Waals surface area contributed by atoms with Crippen molar-refractivity contribution in [2.45, 2.75) is 26.7 Å². The number of aryl methyl sites for hydroxylation is 3. The van der Waals surface area contributed by atoms with E-state index in [9.17, 15) is 4.79 Å². The molecule has 4 rings (SSSR count). The molecule has 3 heterocycles. The fourth-order valence-electron chi connectivity index (χ4n) is 2.76. The zero-order valence-electron chi connectivity index (χ0n) is 15.1. The second kappa shape index (κ2) is 7.03. The average Bonchev–Trinajstić information content (AvgIpc) is 3.28. The number of amides is 1. The Morgan fingerprint density at radius 1 is 1.15 bits per heavy atom. The summed E-state index contributed by atoms with van der Waals surface area (Å²) >= 11 is 0. The molecule has 1 amide bonds. The Hall–Kier alpha value is -3.48. The maximum absolute atomic E-state index is 12.3. The van der Waals surface area contributed by atoms with E-state index in [1.807, 2.05) is 50.4 Å². The largest absolute Gasteiger partial charge is 0.441 e. The van der Waals surface area contributed by atoms with Crippen LogP contribution in [-0.2, 0) is 11.2 Å². The summed E-state index contributed by atoms with van der Waals surface area (Å²) in [4.78, 5) is 21.0. The predicted molar refractivity (Wildman–Crippen MR) is 101 cm³/mol. The van der Waals surface area contributed by atoms with Gasteiger partial charge in [0.1, 0.15) is 5.69 Å². The van der Waals surface area contributed by atoms with Gasteiger partial charge in [0.05, 0.1) is 12.4 Å². The number of nitrogens with one attached hydrogen (secondary N) is 1. The standard InChI is InChI=1S/C20H19N5O2/c1-13-3-5-15(6-4-13)17-12-21-19(27-17)8-7-18(26)24-16-11-22-25-10-9-14(2)23-20(16)25/h3-6,9-12H,7-8H2,1-2H3,(H,24,26). The van der Waals surface area contributed by atoms with E-state index in [4.69, 9.17) is 4.42 Å². The van der Waals surface area contributed by atoms with E-state index in [-0.39, 0.29) is 12.3 Å². The molecule has 0 fully saturated rings. The van der Waals surface area contributed by atoms with Gasteiger partial charge in [-0.15, -0.1) is 0 Å². The smallest absolute Gasteiger partial charge is 0.225 e. The lowest BCUT2D eigenvalue weighted by molar-refractivity contribution is -0.116. The molecular weight excluding hydrogens is 342 g/mol. The Balaban J connectivity index is 1.39. The molecule has 0 aliphatic heterocycles. The van der Waals surface area contributed by atoms with Gasteiger partial charge in [-0.25, -0.2) is 14.5 Å². The Bertz CT molecular complexity index is 1100. The molecule has 1 aromatic carbocycles. The third-order valence-electron chi connectivity index (χ3n) is 4.24. The lowest BCUT2D eigenvalue weighted by Gasteiger charge is -2.02. The minimum Gasteiger partial charge on any atom is -0.441 e. The van der Waals surface area contributed by atoms with E-state index in [0.29, 0.717) is 29.4 Å². The topological polar surface area (TPSA) is 85.3 Å². The lowest BCUT2D eigenvalue weighted by atomic mass is 10.1. The monoisotopic (exact) mass is 361 g/mol. The van der Waals surface area contributed by atoms with Gasteiger partial charge in [0.25, 0.3) is 0 Å². The van der Waals surface area contributed by atoms with Crippen molar-refractivity contribution in [1.82, 2.24) is 19.6 Å². The highest BCUT2D eigenvalue weighted by Gasteiger charge is 2.12. The maximum atomic E-state index is 12.3. The molecule has 0 spiro atoms. The second-order valence-corrected chi connectivity index (χ2v) is 6.43. The van der Waals surface area contributed by atoms with Crippen molar-refractivity contribution in [1.29, 1.82) is 0 Å². The van der Waals surface area contributed by atoms with Crippen LogP contribution in [0.25, 0.3) is 17.0 Å². The molecule has 0 atom stereocenters. The number of hydrogen-bond acceptors (Lipinski definition) is 5. The molecule has 7 nitrogen and oxygen atoms in total. The Labute approximate surface area is 156 Å². The van der Waals surface area contributed by atoms with Crippen LogP contribution in [0.3, 0.4) is 0 Å². The first kappa shape index (κ1) is 17.0. The molecule has 0 bridgehead atoms. The molecule has 136 valence electrons. The lowest BCUT2D eigenvalue weighted by Crippen LogP contribution is -2.12. The van der Waals surface area contributed by atoms with Gasteiger partial charge in [-0.3, -0.25) is 4.79 Å². The van der Waals surface area contributed by atoms with Gasteiger partial charge >= 0.3 is 0 Å². The van der Waals surface area contributed by atoms with Crippen LogP contribution in [0.15, 0.2) is 53.3 Å². The number of benzene rings is 1. The van der Waals surface area contributed by atoms with Gasteiger partial charge in [0.2, 0.25) is 5.91 Å². The molecule has 0 aliphatic rings. The number of fused-ring (bicyclic) bond motifs is 1. The quantitative estimate of drug-likeness (QED) is 0.587. The van der Waals surface area contributed by atoms with E-state index in [2.05, 4.69) is 20.4 Å². The molecule has 7 heteroatoms. The molecule has 1 N–H and O–H groups in total. The van der Waals surface area contributed by atoms with E-state index >= 15 is 0 Å². The fourth-order valence-corrected chi connectivity index (χ4v) is 2.76. The molecule has 0 radical (unpaired) electrons. The number of carbonyl (C=O) groups excluding carboxylic acids is 1.